The Kier molecular flexibility index (Phi) is 5.89. The first-order valence-electron chi connectivity index (χ1n) is 11.3. The number of para-hydroxylation sites is 1. The van der Waals surface area contributed by atoms with Crippen LogP contribution >= 0.6 is 0 Å². The number of esters is 1. The minimum absolute atomic E-state index is 0.276. The number of aromatic nitrogens is 2. The fourth-order valence-electron chi connectivity index (χ4n) is 4.29. The van der Waals surface area contributed by atoms with Crippen LogP contribution in [0.25, 0.3) is 22.3 Å². The van der Waals surface area contributed by atoms with Crippen molar-refractivity contribution < 1.29 is 9.53 Å². The molecule has 0 N–H and O–H groups in total. The third-order valence-electron chi connectivity index (χ3n) is 5.99. The number of benzene rings is 2. The van der Waals surface area contributed by atoms with E-state index in [1.165, 1.54) is 5.69 Å². The van der Waals surface area contributed by atoms with Crippen LogP contribution in [0, 0.1) is 0 Å². The molecule has 0 unspecified atom stereocenters. The number of nitrogens with zero attached hydrogens (tertiary/aromatic N) is 4. The van der Waals surface area contributed by atoms with Crippen molar-refractivity contribution in [1.29, 1.82) is 0 Å². The van der Waals surface area contributed by atoms with Gasteiger partial charge in [-0.25, -0.2) is 9.78 Å². The first-order chi connectivity index (χ1) is 16.2. The van der Waals surface area contributed by atoms with Crippen LogP contribution in [0.2, 0.25) is 0 Å². The summed E-state index contributed by atoms with van der Waals surface area (Å²) in [6.45, 7) is 5.79. The van der Waals surface area contributed by atoms with Crippen molar-refractivity contribution in [3.63, 3.8) is 0 Å². The minimum Gasteiger partial charge on any atom is -0.462 e. The first-order valence-corrected chi connectivity index (χ1v) is 11.3. The van der Waals surface area contributed by atoms with Gasteiger partial charge >= 0.3 is 5.97 Å². The molecule has 0 radical (unpaired) electrons. The van der Waals surface area contributed by atoms with Gasteiger partial charge in [0.25, 0.3) is 0 Å². The van der Waals surface area contributed by atoms with Crippen LogP contribution in [-0.2, 0) is 4.74 Å². The number of ether oxygens (including phenoxy) is 1. The van der Waals surface area contributed by atoms with E-state index in [1.807, 2.05) is 55.5 Å². The van der Waals surface area contributed by atoms with Gasteiger partial charge in [-0.2, -0.15) is 0 Å². The van der Waals surface area contributed by atoms with E-state index in [2.05, 4.69) is 39.0 Å². The highest BCUT2D eigenvalue weighted by Gasteiger charge is 2.21. The van der Waals surface area contributed by atoms with Crippen molar-refractivity contribution >= 4 is 28.2 Å². The molecule has 3 heterocycles. The van der Waals surface area contributed by atoms with Crippen LogP contribution in [-0.4, -0.2) is 48.7 Å². The second-order valence-electron chi connectivity index (χ2n) is 8.00. The Morgan fingerprint density at radius 3 is 2.33 bits per heavy atom. The van der Waals surface area contributed by atoms with E-state index in [4.69, 9.17) is 9.72 Å². The van der Waals surface area contributed by atoms with E-state index in [-0.39, 0.29) is 5.97 Å². The average Bonchev–Trinajstić information content (AvgIpc) is 2.89. The maximum Gasteiger partial charge on any atom is 0.338 e. The summed E-state index contributed by atoms with van der Waals surface area (Å²) in [7, 11) is 0. The number of hydrogen-bond acceptors (Lipinski definition) is 6. The molecule has 0 spiro atoms. The number of piperazine rings is 1. The molecule has 5 rings (SSSR count). The lowest BCUT2D eigenvalue weighted by molar-refractivity contribution is 0.0526. The Bertz CT molecular complexity index is 1250. The largest absolute Gasteiger partial charge is 0.462 e. The number of carbonyl (C=O) groups excluding carboxylic acids is 1. The van der Waals surface area contributed by atoms with Gasteiger partial charge in [-0.05, 0) is 55.5 Å². The Morgan fingerprint density at radius 1 is 0.879 bits per heavy atom. The maximum atomic E-state index is 11.9. The molecule has 33 heavy (non-hydrogen) atoms. The summed E-state index contributed by atoms with van der Waals surface area (Å²) >= 11 is 0. The predicted molar refractivity (Wildman–Crippen MR) is 132 cm³/mol. The molecule has 1 fully saturated rings. The van der Waals surface area contributed by atoms with Crippen LogP contribution in [0.15, 0.2) is 79.0 Å². The second-order valence-corrected chi connectivity index (χ2v) is 8.00. The smallest absolute Gasteiger partial charge is 0.338 e. The Balaban J connectivity index is 1.37. The highest BCUT2D eigenvalue weighted by molar-refractivity contribution is 5.94. The molecule has 4 aromatic rings. The number of anilines is 2. The molecule has 6 nitrogen and oxygen atoms in total. The molecule has 166 valence electrons. The molecule has 0 atom stereocenters. The highest BCUT2D eigenvalue weighted by atomic mass is 16.5. The fourth-order valence-corrected chi connectivity index (χ4v) is 4.29. The van der Waals surface area contributed by atoms with E-state index in [0.29, 0.717) is 12.2 Å². The lowest BCUT2D eigenvalue weighted by Gasteiger charge is -2.38. The van der Waals surface area contributed by atoms with Gasteiger partial charge in [0, 0.05) is 49.1 Å². The summed E-state index contributed by atoms with van der Waals surface area (Å²) in [6.07, 6.45) is 1.80. The van der Waals surface area contributed by atoms with Gasteiger partial charge in [-0.3, -0.25) is 4.98 Å². The quantitative estimate of drug-likeness (QED) is 0.417. The van der Waals surface area contributed by atoms with Crippen molar-refractivity contribution in [3.05, 3.63) is 84.6 Å². The van der Waals surface area contributed by atoms with E-state index in [9.17, 15) is 4.79 Å². The van der Waals surface area contributed by atoms with E-state index in [0.717, 1.165) is 54.2 Å². The van der Waals surface area contributed by atoms with Gasteiger partial charge in [0.05, 0.1) is 29.1 Å². The van der Waals surface area contributed by atoms with Crippen LogP contribution in [0.5, 0.6) is 0 Å². The van der Waals surface area contributed by atoms with E-state index < -0.39 is 0 Å². The van der Waals surface area contributed by atoms with E-state index >= 15 is 0 Å². The minimum atomic E-state index is -0.276. The molecular weight excluding hydrogens is 412 g/mol. The van der Waals surface area contributed by atoms with Crippen LogP contribution in [0.1, 0.15) is 17.3 Å². The molecule has 0 aliphatic carbocycles. The van der Waals surface area contributed by atoms with Gasteiger partial charge in [-0.1, -0.05) is 24.3 Å². The van der Waals surface area contributed by atoms with Crippen LogP contribution in [0.3, 0.4) is 0 Å². The Hall–Kier alpha value is -3.93. The second kappa shape index (κ2) is 9.28. The van der Waals surface area contributed by atoms with Gasteiger partial charge in [0.15, 0.2) is 0 Å². The maximum absolute atomic E-state index is 11.9. The summed E-state index contributed by atoms with van der Waals surface area (Å²) in [6, 6.07) is 24.1. The Labute approximate surface area is 193 Å². The van der Waals surface area contributed by atoms with Crippen molar-refractivity contribution in [2.75, 3.05) is 42.6 Å². The zero-order valence-electron chi connectivity index (χ0n) is 18.6. The third-order valence-corrected chi connectivity index (χ3v) is 5.99. The summed E-state index contributed by atoms with van der Waals surface area (Å²) in [5, 5.41) is 1.16. The van der Waals surface area contributed by atoms with Crippen LogP contribution < -0.4 is 9.80 Å². The van der Waals surface area contributed by atoms with Gasteiger partial charge in [0.1, 0.15) is 0 Å². The van der Waals surface area contributed by atoms with Gasteiger partial charge in [-0.15, -0.1) is 0 Å². The molecule has 0 amide bonds. The fraction of sp³-hybridized carbons (Fsp3) is 0.222. The lowest BCUT2D eigenvalue weighted by Crippen LogP contribution is -2.46. The molecule has 0 saturated carbocycles. The summed E-state index contributed by atoms with van der Waals surface area (Å²) < 4.78 is 5.08. The standard InChI is InChI=1S/C27H26N4O2/c1-2-33-27(32)20-10-12-21(13-11-20)30-15-17-31(18-16-30)26-19-25(24-9-5-6-14-28-24)29-23-8-4-3-7-22(23)26/h3-14,19H,2,15-18H2,1H3. The first kappa shape index (κ1) is 20.9. The predicted octanol–water partition coefficient (Wildman–Crippen LogP) is 4.80. The summed E-state index contributed by atoms with van der Waals surface area (Å²) in [5.41, 5.74) is 5.65. The molecular formula is C27H26N4O2. The van der Waals surface area contributed by atoms with Crippen LogP contribution in [0.4, 0.5) is 11.4 Å². The topological polar surface area (TPSA) is 58.6 Å². The summed E-state index contributed by atoms with van der Waals surface area (Å²) in [4.78, 5) is 26.1. The molecule has 1 saturated heterocycles. The number of fused-ring (bicyclic) bond motifs is 1. The van der Waals surface area contributed by atoms with Gasteiger partial charge < -0.3 is 14.5 Å². The van der Waals surface area contributed by atoms with E-state index in [1.54, 1.807) is 6.20 Å². The molecule has 1 aliphatic heterocycles. The van der Waals surface area contributed by atoms with Crippen molar-refractivity contribution in [3.8, 4) is 11.4 Å². The molecule has 1 aliphatic rings. The number of rotatable bonds is 5. The number of hydrogen-bond donors (Lipinski definition) is 0. The SMILES string of the molecule is CCOC(=O)c1ccc(N2CCN(c3cc(-c4ccccn4)nc4ccccc34)CC2)cc1. The van der Waals surface area contributed by atoms with Crippen molar-refractivity contribution in [2.45, 2.75) is 6.92 Å². The average molecular weight is 439 g/mol. The number of pyridine rings is 2. The zero-order valence-corrected chi connectivity index (χ0v) is 18.6. The number of carbonyl (C=O) groups is 1. The molecule has 6 heteroatoms. The molecule has 2 aromatic heterocycles. The normalized spacial score (nSPS) is 13.8. The monoisotopic (exact) mass is 438 g/mol. The van der Waals surface area contributed by atoms with Crippen molar-refractivity contribution in [2.24, 2.45) is 0 Å². The Morgan fingerprint density at radius 2 is 1.61 bits per heavy atom. The zero-order chi connectivity index (χ0) is 22.6. The molecule has 2 aromatic carbocycles. The van der Waals surface area contributed by atoms with Crippen molar-refractivity contribution in [1.82, 2.24) is 9.97 Å². The van der Waals surface area contributed by atoms with Gasteiger partial charge in [0.2, 0.25) is 0 Å². The molecule has 0 bridgehead atoms. The highest BCUT2D eigenvalue weighted by Crippen LogP contribution is 2.31. The lowest BCUT2D eigenvalue weighted by atomic mass is 10.1. The summed E-state index contributed by atoms with van der Waals surface area (Å²) in [5.74, 6) is -0.276. The third kappa shape index (κ3) is 4.37.